The number of thioether (sulfide) groups is 1. The quantitative estimate of drug-likeness (QED) is 0.572. The number of primary amides is 1. The smallest absolute Gasteiger partial charge is 0.247 e. The van der Waals surface area contributed by atoms with E-state index in [1.165, 1.54) is 25.6 Å². The lowest BCUT2D eigenvalue weighted by atomic mass is 9.96. The highest BCUT2D eigenvalue weighted by Gasteiger charge is 2.32. The van der Waals surface area contributed by atoms with Crippen LogP contribution in [-0.4, -0.2) is 27.2 Å². The molecule has 0 spiro atoms. The normalized spacial score (nSPS) is 20.0. The van der Waals surface area contributed by atoms with Crippen molar-refractivity contribution in [1.82, 2.24) is 4.98 Å². The number of aliphatic hydroxyl groups is 2. The summed E-state index contributed by atoms with van der Waals surface area (Å²) in [6.45, 7) is 3.00. The molecular formula is C20H22ClN3O3S. The molecule has 8 heteroatoms. The van der Waals surface area contributed by atoms with Crippen molar-refractivity contribution >= 4 is 35.1 Å². The Morgan fingerprint density at radius 3 is 2.64 bits per heavy atom. The summed E-state index contributed by atoms with van der Waals surface area (Å²) >= 11 is 7.45. The first-order valence-electron chi connectivity index (χ1n) is 8.78. The lowest BCUT2D eigenvalue weighted by molar-refractivity contribution is -0.114. The second-order valence-corrected chi connectivity index (χ2v) is 8.54. The van der Waals surface area contributed by atoms with E-state index in [2.05, 4.69) is 10.3 Å². The molecule has 0 aliphatic carbocycles. The van der Waals surface area contributed by atoms with E-state index in [1.807, 2.05) is 24.3 Å². The average Bonchev–Trinajstić information content (AvgIpc) is 3.06. The van der Waals surface area contributed by atoms with Gasteiger partial charge in [0.2, 0.25) is 5.91 Å². The largest absolute Gasteiger partial charge is 0.390 e. The summed E-state index contributed by atoms with van der Waals surface area (Å²) in [6.07, 6.45) is -0.500. The van der Waals surface area contributed by atoms with Gasteiger partial charge in [-0.2, -0.15) is 0 Å². The molecule has 148 valence electrons. The average molecular weight is 420 g/mol. The van der Waals surface area contributed by atoms with Crippen molar-refractivity contribution in [2.24, 2.45) is 5.73 Å². The molecule has 3 rings (SSSR count). The molecule has 0 radical (unpaired) electrons. The fourth-order valence-corrected chi connectivity index (χ4v) is 4.27. The first-order valence-corrected chi connectivity index (χ1v) is 10.0. The molecule has 0 fully saturated rings. The van der Waals surface area contributed by atoms with Crippen molar-refractivity contribution in [1.29, 1.82) is 0 Å². The van der Waals surface area contributed by atoms with Crippen molar-refractivity contribution in [3.8, 4) is 0 Å². The number of hydrogen-bond donors (Lipinski definition) is 4. The third-order valence-corrected chi connectivity index (χ3v) is 6.35. The van der Waals surface area contributed by atoms with E-state index in [0.29, 0.717) is 33.6 Å². The molecule has 0 saturated heterocycles. The van der Waals surface area contributed by atoms with Crippen LogP contribution in [0.2, 0.25) is 5.02 Å². The van der Waals surface area contributed by atoms with Gasteiger partial charge in [0, 0.05) is 15.8 Å². The summed E-state index contributed by atoms with van der Waals surface area (Å²) < 4.78 is 0. The highest BCUT2D eigenvalue weighted by atomic mass is 35.5. The van der Waals surface area contributed by atoms with Gasteiger partial charge in [-0.1, -0.05) is 41.6 Å². The number of hydrogen-bond acceptors (Lipinski definition) is 6. The molecular weight excluding hydrogens is 398 g/mol. The number of pyridine rings is 1. The Labute approximate surface area is 172 Å². The molecule has 5 N–H and O–H groups in total. The SMILES string of the molecule is C[C@H](O)[C@](C)(O)c1cccc(NC2=C(C(N)=O)CC(c3ccc(Cl)cc3)S2)n1. The first kappa shape index (κ1) is 20.7. The molecule has 1 aliphatic rings. The van der Waals surface area contributed by atoms with Gasteiger partial charge in [-0.15, -0.1) is 0 Å². The van der Waals surface area contributed by atoms with Gasteiger partial charge in [-0.3, -0.25) is 4.79 Å². The van der Waals surface area contributed by atoms with E-state index in [9.17, 15) is 15.0 Å². The molecule has 1 aromatic carbocycles. The van der Waals surface area contributed by atoms with E-state index in [-0.39, 0.29) is 5.25 Å². The van der Waals surface area contributed by atoms with E-state index in [0.717, 1.165) is 5.56 Å². The zero-order valence-corrected chi connectivity index (χ0v) is 17.1. The molecule has 0 saturated carbocycles. The van der Waals surface area contributed by atoms with Gasteiger partial charge in [-0.05, 0) is 50.1 Å². The molecule has 2 heterocycles. The predicted molar refractivity (Wildman–Crippen MR) is 112 cm³/mol. The number of nitrogens with one attached hydrogen (secondary N) is 1. The fourth-order valence-electron chi connectivity index (χ4n) is 2.83. The summed E-state index contributed by atoms with van der Waals surface area (Å²) in [5, 5.41) is 24.7. The molecule has 1 aromatic heterocycles. The van der Waals surface area contributed by atoms with Crippen LogP contribution in [0.15, 0.2) is 53.1 Å². The van der Waals surface area contributed by atoms with Crippen LogP contribution in [0, 0.1) is 0 Å². The van der Waals surface area contributed by atoms with Crippen molar-refractivity contribution in [2.75, 3.05) is 5.32 Å². The second kappa shape index (κ2) is 8.13. The summed E-state index contributed by atoms with van der Waals surface area (Å²) in [4.78, 5) is 16.3. The Morgan fingerprint density at radius 1 is 1.36 bits per heavy atom. The molecule has 3 atom stereocenters. The van der Waals surface area contributed by atoms with Gasteiger partial charge in [0.1, 0.15) is 11.4 Å². The van der Waals surface area contributed by atoms with Gasteiger partial charge in [0.15, 0.2) is 0 Å². The van der Waals surface area contributed by atoms with Crippen molar-refractivity contribution < 1.29 is 15.0 Å². The maximum absolute atomic E-state index is 11.9. The Hall–Kier alpha value is -2.06. The number of benzene rings is 1. The molecule has 0 bridgehead atoms. The molecule has 28 heavy (non-hydrogen) atoms. The third kappa shape index (κ3) is 4.33. The fraction of sp³-hybridized carbons (Fsp3) is 0.300. The van der Waals surface area contributed by atoms with E-state index in [1.54, 1.807) is 18.2 Å². The van der Waals surface area contributed by atoms with Gasteiger partial charge in [0.25, 0.3) is 0 Å². The summed E-state index contributed by atoms with van der Waals surface area (Å²) in [5.74, 6) is -0.0324. The number of carbonyl (C=O) groups is 1. The van der Waals surface area contributed by atoms with Gasteiger partial charge in [-0.25, -0.2) is 4.98 Å². The maximum atomic E-state index is 11.9. The van der Waals surface area contributed by atoms with Crippen molar-refractivity contribution in [2.45, 2.75) is 37.2 Å². The number of halogens is 1. The van der Waals surface area contributed by atoms with Crippen LogP contribution in [0.4, 0.5) is 5.82 Å². The van der Waals surface area contributed by atoms with Crippen molar-refractivity contribution in [3.63, 3.8) is 0 Å². The number of aromatic nitrogens is 1. The monoisotopic (exact) mass is 419 g/mol. The van der Waals surface area contributed by atoms with Gasteiger partial charge in [0.05, 0.1) is 16.8 Å². The number of nitrogens with zero attached hydrogens (tertiary/aromatic N) is 1. The minimum absolute atomic E-state index is 0.0334. The van der Waals surface area contributed by atoms with E-state index >= 15 is 0 Å². The Morgan fingerprint density at radius 2 is 2.04 bits per heavy atom. The van der Waals surface area contributed by atoms with Crippen LogP contribution >= 0.6 is 23.4 Å². The van der Waals surface area contributed by atoms with Crippen LogP contribution < -0.4 is 11.1 Å². The molecule has 6 nitrogen and oxygen atoms in total. The second-order valence-electron chi connectivity index (χ2n) is 6.89. The van der Waals surface area contributed by atoms with E-state index < -0.39 is 17.6 Å². The number of anilines is 1. The zero-order chi connectivity index (χ0) is 20.5. The maximum Gasteiger partial charge on any atom is 0.247 e. The van der Waals surface area contributed by atoms with Gasteiger partial charge < -0.3 is 21.3 Å². The van der Waals surface area contributed by atoms with Crippen LogP contribution in [0.5, 0.6) is 0 Å². The minimum atomic E-state index is -1.49. The zero-order valence-electron chi connectivity index (χ0n) is 15.5. The van der Waals surface area contributed by atoms with Crippen LogP contribution in [0.1, 0.15) is 36.8 Å². The Balaban J connectivity index is 1.85. The number of rotatable bonds is 6. The van der Waals surface area contributed by atoms with Crippen molar-refractivity contribution in [3.05, 3.63) is 69.3 Å². The lowest BCUT2D eigenvalue weighted by Gasteiger charge is -2.26. The lowest BCUT2D eigenvalue weighted by Crippen LogP contribution is -2.35. The molecule has 1 amide bonds. The van der Waals surface area contributed by atoms with Crippen LogP contribution in [0.3, 0.4) is 0 Å². The topological polar surface area (TPSA) is 108 Å². The molecule has 1 unspecified atom stereocenters. The number of nitrogens with two attached hydrogens (primary N) is 1. The highest BCUT2D eigenvalue weighted by molar-refractivity contribution is 8.03. The van der Waals surface area contributed by atoms with Gasteiger partial charge >= 0.3 is 0 Å². The molecule has 1 aliphatic heterocycles. The minimum Gasteiger partial charge on any atom is -0.390 e. The Kier molecular flexibility index (Phi) is 6.00. The van der Waals surface area contributed by atoms with Crippen LogP contribution in [-0.2, 0) is 10.4 Å². The highest BCUT2D eigenvalue weighted by Crippen LogP contribution is 2.47. The Bertz CT molecular complexity index is 913. The third-order valence-electron chi connectivity index (χ3n) is 4.79. The standard InChI is InChI=1S/C20H22ClN3O3S/c1-11(25)20(2,27)16-4-3-5-17(23-16)24-19-14(18(22)26)10-15(28-19)12-6-8-13(21)9-7-12/h3-9,11,15,25,27H,10H2,1-2H3,(H2,22,26)(H,23,24)/t11-,15?,20-/m0/s1. The van der Waals surface area contributed by atoms with E-state index in [4.69, 9.17) is 17.3 Å². The molecule has 2 aromatic rings. The number of carbonyl (C=O) groups excluding carboxylic acids is 1. The summed E-state index contributed by atoms with van der Waals surface area (Å²) in [6, 6.07) is 12.6. The number of aliphatic hydroxyl groups excluding tert-OH is 1. The van der Waals surface area contributed by atoms with Crippen LogP contribution in [0.25, 0.3) is 0 Å². The first-order chi connectivity index (χ1) is 13.2. The number of amides is 1. The summed E-state index contributed by atoms with van der Waals surface area (Å²) in [5.41, 5.74) is 5.96. The summed E-state index contributed by atoms with van der Waals surface area (Å²) in [7, 11) is 0. The predicted octanol–water partition coefficient (Wildman–Crippen LogP) is 3.31.